The van der Waals surface area contributed by atoms with Gasteiger partial charge < -0.3 is 10.2 Å². The molecule has 3 atom stereocenters. The lowest BCUT2D eigenvalue weighted by Crippen LogP contribution is -2.55. The average molecular weight is 470 g/mol. The van der Waals surface area contributed by atoms with E-state index in [1.807, 2.05) is 4.90 Å². The molecule has 0 amide bonds. The molecule has 4 rings (SSSR count). The molecule has 3 aromatic carbocycles. The van der Waals surface area contributed by atoms with E-state index in [-0.39, 0.29) is 5.82 Å². The number of aliphatic hydroxyl groups excluding tert-OH is 1. The summed E-state index contributed by atoms with van der Waals surface area (Å²) in [5.74, 6) is -1.87. The van der Waals surface area contributed by atoms with Crippen LogP contribution in [0.25, 0.3) is 0 Å². The lowest BCUT2D eigenvalue weighted by atomic mass is 9.77. The van der Waals surface area contributed by atoms with Crippen LogP contribution >= 0.6 is 0 Å². The molecule has 0 saturated carbocycles. The molecule has 1 heterocycles. The van der Waals surface area contributed by atoms with Gasteiger partial charge in [0, 0.05) is 19.0 Å². The van der Waals surface area contributed by atoms with E-state index in [2.05, 4.69) is 0 Å². The molecule has 0 radical (unpaired) electrons. The van der Waals surface area contributed by atoms with Gasteiger partial charge >= 0.3 is 0 Å². The number of piperidine rings is 1. The molecule has 1 aliphatic heterocycles. The fourth-order valence-corrected chi connectivity index (χ4v) is 5.01. The van der Waals surface area contributed by atoms with Gasteiger partial charge in [-0.05, 0) is 78.8 Å². The van der Waals surface area contributed by atoms with E-state index in [4.69, 9.17) is 0 Å². The second kappa shape index (κ2) is 10.7. The molecule has 180 valence electrons. The van der Waals surface area contributed by atoms with Crippen LogP contribution in [0.3, 0.4) is 0 Å². The van der Waals surface area contributed by atoms with E-state index >= 15 is 0 Å². The molecule has 3 aromatic rings. The number of aryl methyl sites for hydroxylation is 1. The largest absolute Gasteiger partial charge is 0.388 e. The highest BCUT2D eigenvalue weighted by Crippen LogP contribution is 2.44. The van der Waals surface area contributed by atoms with Crippen molar-refractivity contribution in [2.45, 2.75) is 43.9 Å². The number of rotatable bonds is 8. The summed E-state index contributed by atoms with van der Waals surface area (Å²) in [6.07, 6.45) is 2.60. The Hall–Kier alpha value is -2.67. The monoisotopic (exact) mass is 469 g/mol. The van der Waals surface area contributed by atoms with Crippen LogP contribution < -0.4 is 0 Å². The number of nitrogens with zero attached hydrogens (tertiary/aromatic N) is 1. The van der Waals surface area contributed by atoms with Crippen molar-refractivity contribution in [1.82, 2.24) is 4.90 Å². The quantitative estimate of drug-likeness (QED) is 0.444. The molecule has 34 heavy (non-hydrogen) atoms. The Kier molecular flexibility index (Phi) is 7.71. The van der Waals surface area contributed by atoms with Crippen LogP contribution in [0, 0.1) is 23.4 Å². The molecule has 0 aliphatic carbocycles. The summed E-state index contributed by atoms with van der Waals surface area (Å²) in [6.45, 7) is 1.27. The first-order chi connectivity index (χ1) is 16.4. The maximum atomic E-state index is 13.8. The van der Waals surface area contributed by atoms with Crippen molar-refractivity contribution in [3.8, 4) is 0 Å². The van der Waals surface area contributed by atoms with Crippen LogP contribution in [0.4, 0.5) is 13.2 Å². The van der Waals surface area contributed by atoms with Crippen LogP contribution in [0.2, 0.25) is 0 Å². The van der Waals surface area contributed by atoms with Crippen molar-refractivity contribution in [3.05, 3.63) is 107 Å². The predicted octanol–water partition coefficient (Wildman–Crippen LogP) is 5.72. The van der Waals surface area contributed by atoms with Gasteiger partial charge in [0.15, 0.2) is 0 Å². The Balaban J connectivity index is 1.76. The van der Waals surface area contributed by atoms with Gasteiger partial charge in [-0.15, -0.1) is 0 Å². The SMILES string of the molecule is OC(c1ccc(F)cc1)C(CCc1ccc(F)cc1)C(O)(c1ccc(F)cc1)N1CCCCC1. The molecule has 1 saturated heterocycles. The predicted molar refractivity (Wildman–Crippen MR) is 125 cm³/mol. The third-order valence-corrected chi connectivity index (χ3v) is 6.87. The minimum atomic E-state index is -1.58. The second-order valence-electron chi connectivity index (χ2n) is 9.05. The first-order valence-corrected chi connectivity index (χ1v) is 11.8. The Labute approximate surface area is 198 Å². The highest BCUT2D eigenvalue weighted by Gasteiger charge is 2.47. The zero-order valence-electron chi connectivity index (χ0n) is 19.0. The highest BCUT2D eigenvalue weighted by atomic mass is 19.1. The lowest BCUT2D eigenvalue weighted by Gasteiger charge is -2.48. The van der Waals surface area contributed by atoms with Gasteiger partial charge in [0.25, 0.3) is 0 Å². The molecule has 6 heteroatoms. The van der Waals surface area contributed by atoms with Crippen molar-refractivity contribution < 1.29 is 23.4 Å². The lowest BCUT2D eigenvalue weighted by molar-refractivity contribution is -0.192. The van der Waals surface area contributed by atoms with E-state index in [1.54, 1.807) is 24.3 Å². The summed E-state index contributed by atoms with van der Waals surface area (Å²) >= 11 is 0. The standard InChI is InChI=1S/C28H30F3NO2/c29-23-11-4-20(5-12-23)6-17-26(27(33)21-7-13-24(30)14-8-21)28(34,32-18-2-1-3-19-32)22-9-15-25(31)16-10-22/h4-5,7-16,26-27,33-34H,1-3,6,17-19H2. The topological polar surface area (TPSA) is 43.7 Å². The summed E-state index contributed by atoms with van der Waals surface area (Å²) in [5.41, 5.74) is 0.281. The molecular weight excluding hydrogens is 439 g/mol. The third-order valence-electron chi connectivity index (χ3n) is 6.87. The van der Waals surface area contributed by atoms with Gasteiger partial charge in [0.2, 0.25) is 0 Å². The van der Waals surface area contributed by atoms with Gasteiger partial charge in [0.05, 0.1) is 6.10 Å². The minimum absolute atomic E-state index is 0.331. The van der Waals surface area contributed by atoms with Crippen LogP contribution in [0.5, 0.6) is 0 Å². The zero-order valence-corrected chi connectivity index (χ0v) is 19.0. The molecule has 1 aliphatic rings. The smallest absolute Gasteiger partial charge is 0.150 e. The zero-order chi connectivity index (χ0) is 24.1. The number of aliphatic hydroxyl groups is 2. The molecule has 2 N–H and O–H groups in total. The van der Waals surface area contributed by atoms with Crippen molar-refractivity contribution in [2.24, 2.45) is 5.92 Å². The van der Waals surface area contributed by atoms with Crippen molar-refractivity contribution in [2.75, 3.05) is 13.1 Å². The van der Waals surface area contributed by atoms with E-state index in [1.165, 1.54) is 48.5 Å². The average Bonchev–Trinajstić information content (AvgIpc) is 2.86. The fourth-order valence-electron chi connectivity index (χ4n) is 5.01. The van der Waals surface area contributed by atoms with Gasteiger partial charge in [-0.3, -0.25) is 4.90 Å². The summed E-state index contributed by atoms with van der Waals surface area (Å²) in [6, 6.07) is 17.5. The van der Waals surface area contributed by atoms with Crippen molar-refractivity contribution >= 4 is 0 Å². The maximum absolute atomic E-state index is 13.8. The molecule has 1 fully saturated rings. The van der Waals surface area contributed by atoms with Crippen LogP contribution in [0.15, 0.2) is 72.8 Å². The van der Waals surface area contributed by atoms with E-state index in [0.717, 1.165) is 24.8 Å². The van der Waals surface area contributed by atoms with Crippen LogP contribution in [0.1, 0.15) is 48.5 Å². The van der Waals surface area contributed by atoms with Gasteiger partial charge in [-0.25, -0.2) is 13.2 Å². The maximum Gasteiger partial charge on any atom is 0.150 e. The van der Waals surface area contributed by atoms with Crippen molar-refractivity contribution in [3.63, 3.8) is 0 Å². The van der Waals surface area contributed by atoms with Crippen molar-refractivity contribution in [1.29, 1.82) is 0 Å². The first kappa shape index (κ1) is 24.5. The fraction of sp³-hybridized carbons (Fsp3) is 0.357. The Morgan fingerprint density at radius 3 is 1.79 bits per heavy atom. The van der Waals surface area contributed by atoms with Crippen LogP contribution in [-0.4, -0.2) is 28.2 Å². The van der Waals surface area contributed by atoms with Gasteiger partial charge in [-0.1, -0.05) is 42.8 Å². The number of likely N-dealkylation sites (tertiary alicyclic amines) is 1. The Morgan fingerprint density at radius 1 is 0.735 bits per heavy atom. The number of hydrogen-bond acceptors (Lipinski definition) is 3. The summed E-state index contributed by atoms with van der Waals surface area (Å²) < 4.78 is 40.8. The third kappa shape index (κ3) is 5.35. The Morgan fingerprint density at radius 2 is 1.24 bits per heavy atom. The molecule has 0 aromatic heterocycles. The summed E-state index contributed by atoms with van der Waals surface area (Å²) in [7, 11) is 0. The molecule has 3 nitrogen and oxygen atoms in total. The highest BCUT2D eigenvalue weighted by molar-refractivity contribution is 5.28. The number of halogens is 3. The summed E-state index contributed by atoms with van der Waals surface area (Å²) in [4.78, 5) is 1.96. The molecule has 0 bridgehead atoms. The number of benzene rings is 3. The van der Waals surface area contributed by atoms with E-state index in [9.17, 15) is 23.4 Å². The normalized spacial score (nSPS) is 18.3. The van der Waals surface area contributed by atoms with E-state index < -0.39 is 29.4 Å². The van der Waals surface area contributed by atoms with Gasteiger partial charge in [-0.2, -0.15) is 0 Å². The van der Waals surface area contributed by atoms with Crippen LogP contribution in [-0.2, 0) is 12.1 Å². The Bertz CT molecular complexity index is 1050. The first-order valence-electron chi connectivity index (χ1n) is 11.8. The van der Waals surface area contributed by atoms with E-state index in [0.29, 0.717) is 37.1 Å². The van der Waals surface area contributed by atoms with Gasteiger partial charge in [0.1, 0.15) is 23.2 Å². The molecule has 0 spiro atoms. The number of hydrogen-bond donors (Lipinski definition) is 2. The summed E-state index contributed by atoms with van der Waals surface area (Å²) in [5, 5.41) is 23.9. The molecular formula is C28H30F3NO2. The second-order valence-corrected chi connectivity index (χ2v) is 9.05. The molecule has 3 unspecified atom stereocenters. The minimum Gasteiger partial charge on any atom is -0.388 e.